The summed E-state index contributed by atoms with van der Waals surface area (Å²) in [6, 6.07) is 0.123. The van der Waals surface area contributed by atoms with E-state index in [2.05, 4.69) is 38.8 Å². The minimum atomic E-state index is -1.41. The van der Waals surface area contributed by atoms with Gasteiger partial charge in [-0.3, -0.25) is 14.5 Å². The number of ether oxygens (including phenoxy) is 2. The molecule has 7 heteroatoms. The monoisotopic (exact) mass is 385 g/mol. The Hall–Kier alpha value is -0.923. The van der Waals surface area contributed by atoms with Crippen molar-refractivity contribution < 1.29 is 23.5 Å². The normalized spacial score (nSPS) is 32.4. The van der Waals surface area contributed by atoms with Crippen LogP contribution in [-0.2, 0) is 23.5 Å². The first kappa shape index (κ1) is 21.4. The molecule has 0 aromatic carbocycles. The Kier molecular flexibility index (Phi) is 6.56. The standard InChI is InChI=1S/C19H35NO5Si/c1-18(2,3)14-9-15-8-13(17(22)24-5)10-19(11-14,25-26(6)7)20(15)12-16(21)23-4/h13-15,26H,8-12H2,1-7H3. The quantitative estimate of drug-likeness (QED) is 0.535. The fraction of sp³-hybridized carbons (Fsp3) is 0.895. The van der Waals surface area contributed by atoms with Crippen LogP contribution >= 0.6 is 0 Å². The molecule has 2 heterocycles. The van der Waals surface area contributed by atoms with E-state index in [1.807, 2.05) is 0 Å². The van der Waals surface area contributed by atoms with Crippen LogP contribution in [0.4, 0.5) is 0 Å². The van der Waals surface area contributed by atoms with Gasteiger partial charge in [0.25, 0.3) is 0 Å². The van der Waals surface area contributed by atoms with E-state index in [4.69, 9.17) is 13.9 Å². The number of fused-ring (bicyclic) bond motifs is 2. The summed E-state index contributed by atoms with van der Waals surface area (Å²) in [6.07, 6.45) is 3.09. The molecule has 150 valence electrons. The van der Waals surface area contributed by atoms with Gasteiger partial charge in [-0.05, 0) is 43.7 Å². The van der Waals surface area contributed by atoms with E-state index in [0.717, 1.165) is 12.8 Å². The predicted octanol–water partition coefficient (Wildman–Crippen LogP) is 2.57. The lowest BCUT2D eigenvalue weighted by Crippen LogP contribution is -2.67. The minimum Gasteiger partial charge on any atom is -0.469 e. The molecule has 0 saturated carbocycles. The van der Waals surface area contributed by atoms with Crippen molar-refractivity contribution in [2.24, 2.45) is 17.3 Å². The zero-order valence-corrected chi connectivity index (χ0v) is 18.5. The maximum absolute atomic E-state index is 12.3. The number of nitrogens with zero attached hydrogens (tertiary/aromatic N) is 1. The van der Waals surface area contributed by atoms with Crippen LogP contribution < -0.4 is 0 Å². The molecule has 2 bridgehead atoms. The zero-order chi connectivity index (χ0) is 19.7. The highest BCUT2D eigenvalue weighted by Gasteiger charge is 2.56. The molecule has 0 aliphatic carbocycles. The summed E-state index contributed by atoms with van der Waals surface area (Å²) in [5, 5.41) is 0. The smallest absolute Gasteiger partial charge is 0.319 e. The zero-order valence-electron chi connectivity index (χ0n) is 17.3. The molecule has 2 rings (SSSR count). The number of methoxy groups -OCH3 is 2. The van der Waals surface area contributed by atoms with Crippen LogP contribution in [-0.4, -0.2) is 58.4 Å². The lowest BCUT2D eigenvalue weighted by molar-refractivity contribution is -0.211. The van der Waals surface area contributed by atoms with Gasteiger partial charge in [0.15, 0.2) is 9.04 Å². The highest BCUT2D eigenvalue weighted by Crippen LogP contribution is 2.51. The first-order valence-corrected chi connectivity index (χ1v) is 12.4. The van der Waals surface area contributed by atoms with Crippen LogP contribution in [0.15, 0.2) is 0 Å². The number of rotatable bonds is 5. The number of carbonyl (C=O) groups is 2. The highest BCUT2D eigenvalue weighted by atomic mass is 28.3. The van der Waals surface area contributed by atoms with Crippen molar-refractivity contribution in [1.29, 1.82) is 0 Å². The predicted molar refractivity (Wildman–Crippen MR) is 102 cm³/mol. The molecule has 2 saturated heterocycles. The van der Waals surface area contributed by atoms with Crippen LogP contribution in [0, 0.1) is 17.3 Å². The molecule has 4 unspecified atom stereocenters. The van der Waals surface area contributed by atoms with E-state index in [0.29, 0.717) is 18.8 Å². The van der Waals surface area contributed by atoms with Crippen LogP contribution in [0.2, 0.25) is 13.1 Å². The Labute approximate surface area is 159 Å². The third-order valence-corrected chi connectivity index (χ3v) is 6.86. The van der Waals surface area contributed by atoms with Crippen LogP contribution in [0.5, 0.6) is 0 Å². The molecule has 2 aliphatic rings. The second-order valence-corrected chi connectivity index (χ2v) is 11.5. The van der Waals surface area contributed by atoms with E-state index in [-0.39, 0.29) is 35.9 Å². The summed E-state index contributed by atoms with van der Waals surface area (Å²) in [7, 11) is 1.46. The van der Waals surface area contributed by atoms with Crippen molar-refractivity contribution in [2.45, 2.75) is 71.3 Å². The number of hydrogen-bond acceptors (Lipinski definition) is 6. The second-order valence-electron chi connectivity index (χ2n) is 9.13. The minimum absolute atomic E-state index is 0.123. The number of hydrogen-bond donors (Lipinski definition) is 0. The van der Waals surface area contributed by atoms with Gasteiger partial charge < -0.3 is 13.9 Å². The highest BCUT2D eigenvalue weighted by molar-refractivity contribution is 6.48. The molecule has 0 N–H and O–H groups in total. The largest absolute Gasteiger partial charge is 0.469 e. The van der Waals surface area contributed by atoms with E-state index >= 15 is 0 Å². The molecule has 26 heavy (non-hydrogen) atoms. The third-order valence-electron chi connectivity index (χ3n) is 5.95. The van der Waals surface area contributed by atoms with Crippen molar-refractivity contribution in [3.63, 3.8) is 0 Å². The fourth-order valence-corrected chi connectivity index (χ4v) is 5.89. The first-order chi connectivity index (χ1) is 12.0. The maximum atomic E-state index is 12.3. The topological polar surface area (TPSA) is 65.1 Å². The van der Waals surface area contributed by atoms with Gasteiger partial charge in [0.2, 0.25) is 0 Å². The Bertz CT molecular complexity index is 533. The summed E-state index contributed by atoms with van der Waals surface area (Å²) in [5.74, 6) is -0.111. The van der Waals surface area contributed by atoms with Crippen molar-refractivity contribution in [2.75, 3.05) is 20.8 Å². The molecule has 0 spiro atoms. The van der Waals surface area contributed by atoms with Gasteiger partial charge in [0, 0.05) is 12.5 Å². The summed E-state index contributed by atoms with van der Waals surface area (Å²) < 4.78 is 16.6. The molecular weight excluding hydrogens is 350 g/mol. The van der Waals surface area contributed by atoms with Crippen LogP contribution in [0.1, 0.15) is 46.5 Å². The SMILES string of the molecule is COC(=O)CN1C2CC(C(=O)OC)CC1(O[SiH](C)C)CC(C(C)(C)C)C2. The van der Waals surface area contributed by atoms with Gasteiger partial charge in [-0.15, -0.1) is 0 Å². The first-order valence-electron chi connectivity index (χ1n) is 9.61. The van der Waals surface area contributed by atoms with Gasteiger partial charge in [-0.2, -0.15) is 0 Å². The Balaban J connectivity index is 2.42. The molecule has 2 aliphatic heterocycles. The molecule has 6 nitrogen and oxygen atoms in total. The fourth-order valence-electron chi connectivity index (χ4n) is 4.68. The average Bonchev–Trinajstić information content (AvgIpc) is 2.52. The summed E-state index contributed by atoms with van der Waals surface area (Å²) >= 11 is 0. The third kappa shape index (κ3) is 4.49. The van der Waals surface area contributed by atoms with Crippen LogP contribution in [0.3, 0.4) is 0 Å². The van der Waals surface area contributed by atoms with Crippen LogP contribution in [0.25, 0.3) is 0 Å². The maximum Gasteiger partial charge on any atom is 0.319 e. The Morgan fingerprint density at radius 1 is 1.12 bits per heavy atom. The molecule has 0 amide bonds. The second kappa shape index (κ2) is 7.98. The van der Waals surface area contributed by atoms with Gasteiger partial charge in [0.05, 0.1) is 26.7 Å². The van der Waals surface area contributed by atoms with Crippen molar-refractivity contribution in [3.8, 4) is 0 Å². The Morgan fingerprint density at radius 3 is 2.27 bits per heavy atom. The van der Waals surface area contributed by atoms with Gasteiger partial charge >= 0.3 is 11.9 Å². The molecule has 4 atom stereocenters. The van der Waals surface area contributed by atoms with Gasteiger partial charge in [-0.1, -0.05) is 20.8 Å². The molecule has 2 fully saturated rings. The average molecular weight is 386 g/mol. The van der Waals surface area contributed by atoms with E-state index in [1.54, 1.807) is 0 Å². The van der Waals surface area contributed by atoms with E-state index < -0.39 is 14.8 Å². The Morgan fingerprint density at radius 2 is 1.77 bits per heavy atom. The summed E-state index contributed by atoms with van der Waals surface area (Å²) in [6.45, 7) is 11.3. The number of carbonyl (C=O) groups excluding carboxylic acids is 2. The molecule has 0 radical (unpaired) electrons. The van der Waals surface area contributed by atoms with Crippen molar-refractivity contribution in [1.82, 2.24) is 4.90 Å². The number of piperidine rings is 2. The molecular formula is C19H35NO5Si. The summed E-state index contributed by atoms with van der Waals surface area (Å²) in [4.78, 5) is 26.6. The summed E-state index contributed by atoms with van der Waals surface area (Å²) in [5.41, 5.74) is -0.423. The molecule has 0 aromatic heterocycles. The van der Waals surface area contributed by atoms with Crippen molar-refractivity contribution in [3.05, 3.63) is 0 Å². The lowest BCUT2D eigenvalue weighted by atomic mass is 9.64. The van der Waals surface area contributed by atoms with Gasteiger partial charge in [0.1, 0.15) is 5.72 Å². The van der Waals surface area contributed by atoms with Crippen molar-refractivity contribution >= 4 is 21.0 Å². The van der Waals surface area contributed by atoms with Gasteiger partial charge in [-0.25, -0.2) is 0 Å². The van der Waals surface area contributed by atoms with E-state index in [1.165, 1.54) is 14.2 Å². The molecule has 0 aromatic rings. The lowest BCUT2D eigenvalue weighted by Gasteiger charge is -2.60. The number of esters is 2. The van der Waals surface area contributed by atoms with E-state index in [9.17, 15) is 9.59 Å².